The van der Waals surface area contributed by atoms with Gasteiger partial charge in [0.1, 0.15) is 5.69 Å². The number of hydrogen-bond donors (Lipinski definition) is 1. The summed E-state index contributed by atoms with van der Waals surface area (Å²) in [5.74, 6) is 1.08. The van der Waals surface area contributed by atoms with Crippen LogP contribution in [0.2, 0.25) is 0 Å². The molecule has 4 rings (SSSR count). The summed E-state index contributed by atoms with van der Waals surface area (Å²) < 4.78 is 0. The molecule has 0 aliphatic carbocycles. The van der Waals surface area contributed by atoms with E-state index in [0.29, 0.717) is 11.6 Å². The molecule has 1 fully saturated rings. The molecule has 2 aliphatic rings. The molecular weight excluding hydrogens is 340 g/mol. The first-order chi connectivity index (χ1) is 13.0. The molecule has 0 bridgehead atoms. The molecule has 0 radical (unpaired) electrons. The number of amides is 1. The van der Waals surface area contributed by atoms with Gasteiger partial charge in [0, 0.05) is 49.2 Å². The van der Waals surface area contributed by atoms with E-state index in [4.69, 9.17) is 4.98 Å². The summed E-state index contributed by atoms with van der Waals surface area (Å²) in [4.78, 5) is 26.9. The van der Waals surface area contributed by atoms with Crippen molar-refractivity contribution in [2.45, 2.75) is 58.0 Å². The van der Waals surface area contributed by atoms with E-state index in [1.807, 2.05) is 17.2 Å². The maximum Gasteiger partial charge on any atom is 0.274 e. The highest BCUT2D eigenvalue weighted by Gasteiger charge is 2.32. The number of piperidine rings is 1. The van der Waals surface area contributed by atoms with Crippen LogP contribution in [0.15, 0.2) is 12.3 Å². The van der Waals surface area contributed by atoms with Crippen LogP contribution in [0.3, 0.4) is 0 Å². The highest BCUT2D eigenvalue weighted by Crippen LogP contribution is 2.31. The van der Waals surface area contributed by atoms with Gasteiger partial charge in [-0.2, -0.15) is 5.10 Å². The Balaban J connectivity index is 1.60. The van der Waals surface area contributed by atoms with Crippen molar-refractivity contribution in [1.82, 2.24) is 30.0 Å². The van der Waals surface area contributed by atoms with E-state index in [9.17, 15) is 4.79 Å². The van der Waals surface area contributed by atoms with Crippen molar-refractivity contribution in [2.75, 3.05) is 20.1 Å². The molecule has 0 saturated carbocycles. The Labute approximate surface area is 160 Å². The predicted octanol–water partition coefficient (Wildman–Crippen LogP) is 2.68. The van der Waals surface area contributed by atoms with Crippen LogP contribution in [-0.4, -0.2) is 56.0 Å². The number of rotatable bonds is 3. The fourth-order valence-corrected chi connectivity index (χ4v) is 3.97. The van der Waals surface area contributed by atoms with Crippen molar-refractivity contribution in [2.24, 2.45) is 0 Å². The van der Waals surface area contributed by atoms with Crippen molar-refractivity contribution < 1.29 is 4.79 Å². The minimum absolute atomic E-state index is 0.0242. The lowest BCUT2D eigenvalue weighted by molar-refractivity contribution is 0.0593. The summed E-state index contributed by atoms with van der Waals surface area (Å²) in [6.07, 6.45) is 5.91. The van der Waals surface area contributed by atoms with Gasteiger partial charge < -0.3 is 9.80 Å². The van der Waals surface area contributed by atoms with Gasteiger partial charge in [-0.15, -0.1) is 0 Å². The number of fused-ring (bicyclic) bond motifs is 1. The zero-order valence-electron chi connectivity index (χ0n) is 16.4. The Bertz CT molecular complexity index is 830. The molecule has 2 aromatic rings. The number of aromatic nitrogens is 4. The van der Waals surface area contributed by atoms with Crippen LogP contribution in [0.5, 0.6) is 0 Å². The lowest BCUT2D eigenvalue weighted by Crippen LogP contribution is -2.40. The van der Waals surface area contributed by atoms with Crippen molar-refractivity contribution in [3.05, 3.63) is 40.7 Å². The second-order valence-electron chi connectivity index (χ2n) is 8.06. The van der Waals surface area contributed by atoms with Gasteiger partial charge in [-0.05, 0) is 38.3 Å². The van der Waals surface area contributed by atoms with E-state index >= 15 is 0 Å². The average molecular weight is 368 g/mol. The quantitative estimate of drug-likeness (QED) is 0.901. The molecule has 2 aromatic heterocycles. The van der Waals surface area contributed by atoms with Crippen LogP contribution in [0.1, 0.15) is 78.3 Å². The van der Waals surface area contributed by atoms with Gasteiger partial charge >= 0.3 is 0 Å². The zero-order chi connectivity index (χ0) is 19.0. The van der Waals surface area contributed by atoms with E-state index in [-0.39, 0.29) is 11.9 Å². The summed E-state index contributed by atoms with van der Waals surface area (Å²) in [5.41, 5.74) is 3.82. The first-order valence-corrected chi connectivity index (χ1v) is 9.92. The molecule has 0 aromatic carbocycles. The second-order valence-corrected chi connectivity index (χ2v) is 8.06. The molecule has 0 spiro atoms. The van der Waals surface area contributed by atoms with Gasteiger partial charge in [-0.1, -0.05) is 13.8 Å². The summed E-state index contributed by atoms with van der Waals surface area (Å²) in [5, 5.41) is 7.25. The standard InChI is InChI=1S/C20H28N6O/c1-13(2)16-10-17(24-23-16)20(27)26-8-5-4-6-18(26)19-21-11-14-12-25(3)9-7-15(14)22-19/h10-11,13,18H,4-9,12H2,1-3H3,(H,23,24)/t18-/m1/s1. The molecule has 1 N–H and O–H groups in total. The van der Waals surface area contributed by atoms with Crippen LogP contribution >= 0.6 is 0 Å². The van der Waals surface area contributed by atoms with Gasteiger partial charge in [0.15, 0.2) is 5.82 Å². The fraction of sp³-hybridized carbons (Fsp3) is 0.600. The summed E-state index contributed by atoms with van der Waals surface area (Å²) >= 11 is 0. The first-order valence-electron chi connectivity index (χ1n) is 9.92. The molecule has 27 heavy (non-hydrogen) atoms. The number of likely N-dealkylation sites (N-methyl/N-ethyl adjacent to an activating group) is 1. The normalized spacial score (nSPS) is 20.7. The highest BCUT2D eigenvalue weighted by molar-refractivity contribution is 5.92. The average Bonchev–Trinajstić information content (AvgIpc) is 3.17. The van der Waals surface area contributed by atoms with Gasteiger partial charge in [-0.3, -0.25) is 9.89 Å². The maximum absolute atomic E-state index is 13.1. The van der Waals surface area contributed by atoms with E-state index in [2.05, 4.69) is 41.0 Å². The molecule has 0 unspecified atom stereocenters. The molecule has 7 heteroatoms. The Morgan fingerprint density at radius 2 is 2.15 bits per heavy atom. The Morgan fingerprint density at radius 3 is 2.93 bits per heavy atom. The third-order valence-electron chi connectivity index (χ3n) is 5.64. The SMILES string of the molecule is CC(C)c1cc(C(=O)N2CCCC[C@@H]2c2ncc3c(n2)CCN(C)C3)n[nH]1. The smallest absolute Gasteiger partial charge is 0.274 e. The monoisotopic (exact) mass is 368 g/mol. The van der Waals surface area contributed by atoms with Crippen molar-refractivity contribution in [1.29, 1.82) is 0 Å². The van der Waals surface area contributed by atoms with Crippen molar-refractivity contribution in [3.8, 4) is 0 Å². The van der Waals surface area contributed by atoms with Crippen molar-refractivity contribution >= 4 is 5.91 Å². The molecule has 144 valence electrons. The lowest BCUT2D eigenvalue weighted by Gasteiger charge is -2.35. The van der Waals surface area contributed by atoms with E-state index in [0.717, 1.165) is 62.5 Å². The summed E-state index contributed by atoms with van der Waals surface area (Å²) in [7, 11) is 2.12. The Hall–Kier alpha value is -2.28. The number of carbonyl (C=O) groups excluding carboxylic acids is 1. The Kier molecular flexibility index (Phi) is 4.95. The summed E-state index contributed by atoms with van der Waals surface area (Å²) in [6.45, 7) is 6.82. The minimum atomic E-state index is -0.0598. The number of nitrogens with one attached hydrogen (secondary N) is 1. The minimum Gasteiger partial charge on any atom is -0.327 e. The predicted molar refractivity (Wildman–Crippen MR) is 102 cm³/mol. The zero-order valence-corrected chi connectivity index (χ0v) is 16.4. The Morgan fingerprint density at radius 1 is 1.30 bits per heavy atom. The molecular formula is C20H28N6O. The summed E-state index contributed by atoms with van der Waals surface area (Å²) in [6, 6.07) is 1.82. The molecule has 1 amide bonds. The topological polar surface area (TPSA) is 78.0 Å². The number of carbonyl (C=O) groups is 1. The van der Waals surface area contributed by atoms with Crippen LogP contribution in [0.25, 0.3) is 0 Å². The van der Waals surface area contributed by atoms with Crippen LogP contribution < -0.4 is 0 Å². The van der Waals surface area contributed by atoms with E-state index < -0.39 is 0 Å². The van der Waals surface area contributed by atoms with E-state index in [1.165, 1.54) is 5.56 Å². The lowest BCUT2D eigenvalue weighted by atomic mass is 9.99. The first kappa shape index (κ1) is 18.1. The van der Waals surface area contributed by atoms with Gasteiger partial charge in [-0.25, -0.2) is 9.97 Å². The molecule has 1 atom stereocenters. The third-order valence-corrected chi connectivity index (χ3v) is 5.64. The largest absolute Gasteiger partial charge is 0.327 e. The fourth-order valence-electron chi connectivity index (χ4n) is 3.97. The maximum atomic E-state index is 13.1. The number of hydrogen-bond acceptors (Lipinski definition) is 5. The second kappa shape index (κ2) is 7.38. The van der Waals surface area contributed by atoms with Crippen LogP contribution in [-0.2, 0) is 13.0 Å². The number of nitrogens with zero attached hydrogens (tertiary/aromatic N) is 5. The van der Waals surface area contributed by atoms with Gasteiger partial charge in [0.05, 0.1) is 6.04 Å². The molecule has 7 nitrogen and oxygen atoms in total. The van der Waals surface area contributed by atoms with Crippen LogP contribution in [0, 0.1) is 0 Å². The highest BCUT2D eigenvalue weighted by atomic mass is 16.2. The third kappa shape index (κ3) is 3.60. The molecule has 4 heterocycles. The number of aromatic amines is 1. The number of H-pyrrole nitrogens is 1. The van der Waals surface area contributed by atoms with E-state index in [1.54, 1.807) is 0 Å². The molecule has 1 saturated heterocycles. The van der Waals surface area contributed by atoms with Crippen LogP contribution in [0.4, 0.5) is 0 Å². The van der Waals surface area contributed by atoms with Gasteiger partial charge in [0.25, 0.3) is 5.91 Å². The van der Waals surface area contributed by atoms with Crippen molar-refractivity contribution in [3.63, 3.8) is 0 Å². The number of likely N-dealkylation sites (tertiary alicyclic amines) is 1. The molecule has 2 aliphatic heterocycles. The van der Waals surface area contributed by atoms with Gasteiger partial charge in [0.2, 0.25) is 0 Å².